The van der Waals surface area contributed by atoms with Crippen LogP contribution < -0.4 is 5.32 Å². The van der Waals surface area contributed by atoms with Gasteiger partial charge in [0.1, 0.15) is 11.6 Å². The molecule has 1 fully saturated rings. The van der Waals surface area contributed by atoms with Crippen LogP contribution in [0.4, 0.5) is 11.5 Å². The van der Waals surface area contributed by atoms with Gasteiger partial charge in [0.25, 0.3) is 0 Å². The Kier molecular flexibility index (Phi) is 5.14. The fraction of sp³-hybridized carbons (Fsp3) is 0.250. The summed E-state index contributed by atoms with van der Waals surface area (Å²) in [6.45, 7) is 3.01. The third-order valence-electron chi connectivity index (χ3n) is 4.39. The molecule has 1 saturated heterocycles. The third kappa shape index (κ3) is 4.04. The van der Waals surface area contributed by atoms with Crippen molar-refractivity contribution in [2.45, 2.75) is 12.6 Å². The predicted octanol–water partition coefficient (Wildman–Crippen LogP) is 3.19. The van der Waals surface area contributed by atoms with Crippen molar-refractivity contribution in [3.63, 3.8) is 0 Å². The lowest BCUT2D eigenvalue weighted by molar-refractivity contribution is -0.0159. The molecular formula is C20H21N5O. The third-order valence-corrected chi connectivity index (χ3v) is 4.39. The highest BCUT2D eigenvalue weighted by Crippen LogP contribution is 2.24. The summed E-state index contributed by atoms with van der Waals surface area (Å²) in [7, 11) is 0. The first-order valence-electron chi connectivity index (χ1n) is 8.74. The number of hydrogen-bond acceptors (Lipinski definition) is 6. The normalized spacial score (nSPS) is 17.8. The lowest BCUT2D eigenvalue weighted by Crippen LogP contribution is -2.39. The zero-order valence-electron chi connectivity index (χ0n) is 14.5. The topological polar surface area (TPSA) is 63.2 Å². The average Bonchev–Trinajstić information content (AvgIpc) is 2.70. The van der Waals surface area contributed by atoms with Crippen molar-refractivity contribution < 1.29 is 4.74 Å². The van der Waals surface area contributed by atoms with Gasteiger partial charge < -0.3 is 10.1 Å². The number of morpholine rings is 1. The molecule has 1 atom stereocenters. The summed E-state index contributed by atoms with van der Waals surface area (Å²) in [6.07, 6.45) is 5.45. The van der Waals surface area contributed by atoms with E-state index < -0.39 is 0 Å². The van der Waals surface area contributed by atoms with Crippen LogP contribution >= 0.6 is 0 Å². The molecule has 1 aliphatic rings. The van der Waals surface area contributed by atoms with Gasteiger partial charge in [0.05, 0.1) is 19.3 Å². The van der Waals surface area contributed by atoms with Crippen molar-refractivity contribution >= 4 is 11.5 Å². The highest BCUT2D eigenvalue weighted by molar-refractivity contribution is 5.55. The molecule has 6 heteroatoms. The van der Waals surface area contributed by atoms with Gasteiger partial charge in [-0.1, -0.05) is 18.2 Å². The van der Waals surface area contributed by atoms with Gasteiger partial charge in [-0.15, -0.1) is 0 Å². The number of ether oxygens (including phenoxy) is 1. The first-order chi connectivity index (χ1) is 12.9. The molecule has 132 valence electrons. The largest absolute Gasteiger partial charge is 0.378 e. The Morgan fingerprint density at radius 3 is 2.73 bits per heavy atom. The second kappa shape index (κ2) is 8.03. The summed E-state index contributed by atoms with van der Waals surface area (Å²) < 4.78 is 5.71. The van der Waals surface area contributed by atoms with Crippen LogP contribution in [0, 0.1) is 0 Å². The zero-order chi connectivity index (χ0) is 17.6. The maximum absolute atomic E-state index is 5.71. The van der Waals surface area contributed by atoms with Crippen LogP contribution in [0.3, 0.4) is 0 Å². The van der Waals surface area contributed by atoms with Crippen LogP contribution in [0.1, 0.15) is 17.4 Å². The van der Waals surface area contributed by atoms with Crippen molar-refractivity contribution in [1.82, 2.24) is 19.9 Å². The van der Waals surface area contributed by atoms with Crippen LogP contribution in [-0.4, -0.2) is 39.6 Å². The maximum atomic E-state index is 5.71. The van der Waals surface area contributed by atoms with E-state index in [0.29, 0.717) is 6.61 Å². The van der Waals surface area contributed by atoms with E-state index in [0.717, 1.165) is 37.0 Å². The second-order valence-corrected chi connectivity index (χ2v) is 6.21. The number of para-hydroxylation sites is 1. The Balaban J connectivity index is 1.53. The smallest absolute Gasteiger partial charge is 0.150 e. The second-order valence-electron chi connectivity index (χ2n) is 6.21. The Labute approximate surface area is 152 Å². The summed E-state index contributed by atoms with van der Waals surface area (Å²) in [6, 6.07) is 16.0. The van der Waals surface area contributed by atoms with Crippen LogP contribution in [-0.2, 0) is 11.3 Å². The number of nitrogens with one attached hydrogen (secondary N) is 1. The fourth-order valence-electron chi connectivity index (χ4n) is 3.06. The van der Waals surface area contributed by atoms with Gasteiger partial charge >= 0.3 is 0 Å². The average molecular weight is 347 g/mol. The van der Waals surface area contributed by atoms with Gasteiger partial charge in [0, 0.05) is 37.4 Å². The number of rotatable bonds is 5. The summed E-state index contributed by atoms with van der Waals surface area (Å²) in [5.41, 5.74) is 2.23. The van der Waals surface area contributed by atoms with Crippen molar-refractivity contribution in [3.8, 4) is 0 Å². The van der Waals surface area contributed by atoms with Crippen LogP contribution in [0.15, 0.2) is 67.1 Å². The first-order valence-corrected chi connectivity index (χ1v) is 8.74. The molecule has 1 aromatic carbocycles. The summed E-state index contributed by atoms with van der Waals surface area (Å²) in [4.78, 5) is 15.7. The minimum Gasteiger partial charge on any atom is -0.378 e. The standard InChI is InChI=1S/C20H21N5O/c1-2-4-17(5-3-1)23-19-8-11-22-20(24-19)18-15-26-13-12-25(18)14-16-6-9-21-10-7-16/h1-11,18H,12-15H2,(H,22,23,24)/t18-/m1/s1. The van der Waals surface area contributed by atoms with E-state index in [1.807, 2.05) is 60.9 Å². The van der Waals surface area contributed by atoms with Gasteiger partial charge in [-0.25, -0.2) is 9.97 Å². The SMILES string of the molecule is c1ccc(Nc2ccnc([C@H]3COCCN3Cc3ccncc3)n2)cc1. The maximum Gasteiger partial charge on any atom is 0.150 e. The molecule has 0 spiro atoms. The minimum atomic E-state index is 0.0365. The highest BCUT2D eigenvalue weighted by atomic mass is 16.5. The quantitative estimate of drug-likeness (QED) is 0.765. The van der Waals surface area contributed by atoms with E-state index in [4.69, 9.17) is 9.72 Å². The Hall–Kier alpha value is -2.83. The van der Waals surface area contributed by atoms with Crippen molar-refractivity contribution in [3.05, 3.63) is 78.5 Å². The van der Waals surface area contributed by atoms with E-state index in [1.54, 1.807) is 6.20 Å². The molecule has 2 aromatic heterocycles. The molecule has 0 radical (unpaired) electrons. The molecular weight excluding hydrogens is 326 g/mol. The number of hydrogen-bond donors (Lipinski definition) is 1. The molecule has 1 N–H and O–H groups in total. The number of pyridine rings is 1. The molecule has 0 unspecified atom stereocenters. The predicted molar refractivity (Wildman–Crippen MR) is 100.0 cm³/mol. The molecule has 3 heterocycles. The van der Waals surface area contributed by atoms with E-state index >= 15 is 0 Å². The molecule has 4 rings (SSSR count). The number of anilines is 2. The van der Waals surface area contributed by atoms with E-state index in [9.17, 15) is 0 Å². The highest BCUT2D eigenvalue weighted by Gasteiger charge is 2.27. The van der Waals surface area contributed by atoms with Gasteiger partial charge in [-0.05, 0) is 35.9 Å². The number of nitrogens with zero attached hydrogens (tertiary/aromatic N) is 4. The zero-order valence-corrected chi connectivity index (χ0v) is 14.5. The van der Waals surface area contributed by atoms with E-state index in [1.165, 1.54) is 5.56 Å². The number of benzene rings is 1. The molecule has 0 bridgehead atoms. The Morgan fingerprint density at radius 1 is 1.04 bits per heavy atom. The fourth-order valence-corrected chi connectivity index (χ4v) is 3.06. The lowest BCUT2D eigenvalue weighted by Gasteiger charge is -2.34. The first kappa shape index (κ1) is 16.6. The van der Waals surface area contributed by atoms with Crippen molar-refractivity contribution in [2.75, 3.05) is 25.1 Å². The van der Waals surface area contributed by atoms with Gasteiger partial charge in [-0.2, -0.15) is 0 Å². The summed E-state index contributed by atoms with van der Waals surface area (Å²) in [5.74, 6) is 1.57. The minimum absolute atomic E-state index is 0.0365. The van der Waals surface area contributed by atoms with Gasteiger partial charge in [0.2, 0.25) is 0 Å². The molecule has 3 aromatic rings. The summed E-state index contributed by atoms with van der Waals surface area (Å²) in [5, 5.41) is 3.33. The van der Waals surface area contributed by atoms with Crippen LogP contribution in [0.25, 0.3) is 0 Å². The van der Waals surface area contributed by atoms with Crippen LogP contribution in [0.5, 0.6) is 0 Å². The molecule has 26 heavy (non-hydrogen) atoms. The lowest BCUT2D eigenvalue weighted by atomic mass is 10.1. The Bertz CT molecular complexity index is 828. The van der Waals surface area contributed by atoms with Gasteiger partial charge in [-0.3, -0.25) is 9.88 Å². The van der Waals surface area contributed by atoms with E-state index in [2.05, 4.69) is 20.2 Å². The molecule has 1 aliphatic heterocycles. The molecule has 0 aliphatic carbocycles. The van der Waals surface area contributed by atoms with Crippen LogP contribution in [0.2, 0.25) is 0 Å². The van der Waals surface area contributed by atoms with Gasteiger partial charge in [0.15, 0.2) is 0 Å². The Morgan fingerprint density at radius 2 is 1.88 bits per heavy atom. The van der Waals surface area contributed by atoms with Crippen molar-refractivity contribution in [1.29, 1.82) is 0 Å². The summed E-state index contributed by atoms with van der Waals surface area (Å²) >= 11 is 0. The molecule has 6 nitrogen and oxygen atoms in total. The molecule has 0 amide bonds. The molecule has 0 saturated carbocycles. The van der Waals surface area contributed by atoms with E-state index in [-0.39, 0.29) is 6.04 Å². The number of aromatic nitrogens is 3. The monoisotopic (exact) mass is 347 g/mol. The van der Waals surface area contributed by atoms with Crippen molar-refractivity contribution in [2.24, 2.45) is 0 Å².